The molecule has 0 saturated heterocycles. The predicted molar refractivity (Wildman–Crippen MR) is 77.7 cm³/mol. The van der Waals surface area contributed by atoms with Crippen molar-refractivity contribution in [1.29, 1.82) is 0 Å². The summed E-state index contributed by atoms with van der Waals surface area (Å²) in [6, 6.07) is 0. The van der Waals surface area contributed by atoms with Crippen molar-refractivity contribution in [3.05, 3.63) is 0 Å². The van der Waals surface area contributed by atoms with Gasteiger partial charge in [0.1, 0.15) is 0 Å². The lowest BCUT2D eigenvalue weighted by Crippen LogP contribution is -2.36. The molecule has 0 aromatic carbocycles. The second kappa shape index (κ2) is 8.99. The largest absolute Gasteiger partial charge is 0.370 e. The summed E-state index contributed by atoms with van der Waals surface area (Å²) < 4.78 is 23.8. The summed E-state index contributed by atoms with van der Waals surface area (Å²) in [5.74, 6) is 0.373. The van der Waals surface area contributed by atoms with E-state index in [0.717, 1.165) is 0 Å². The number of nitrogens with one attached hydrogen (secondary N) is 1. The van der Waals surface area contributed by atoms with Crippen LogP contribution in [0.3, 0.4) is 0 Å². The third kappa shape index (κ3) is 8.11. The van der Waals surface area contributed by atoms with Crippen LogP contribution in [0.1, 0.15) is 13.3 Å². The maximum Gasteiger partial charge on any atom is 0.211 e. The van der Waals surface area contributed by atoms with Gasteiger partial charge in [-0.15, -0.1) is 24.0 Å². The molecular formula is C8H21IN4O2S. The first-order chi connectivity index (χ1) is 6.91. The number of hydrogen-bond acceptors (Lipinski definition) is 3. The minimum atomic E-state index is -3.08. The summed E-state index contributed by atoms with van der Waals surface area (Å²) in [6.07, 6.45) is 1.92. The van der Waals surface area contributed by atoms with Crippen LogP contribution in [-0.2, 0) is 10.0 Å². The zero-order valence-corrected chi connectivity index (χ0v) is 13.1. The molecule has 0 heterocycles. The van der Waals surface area contributed by atoms with Gasteiger partial charge in [0.15, 0.2) is 5.96 Å². The fourth-order valence-electron chi connectivity index (χ4n) is 1.11. The van der Waals surface area contributed by atoms with Gasteiger partial charge in [-0.25, -0.2) is 12.7 Å². The van der Waals surface area contributed by atoms with E-state index in [1.54, 1.807) is 7.05 Å². The van der Waals surface area contributed by atoms with E-state index in [0.29, 0.717) is 32.0 Å². The van der Waals surface area contributed by atoms with E-state index in [1.165, 1.54) is 10.6 Å². The van der Waals surface area contributed by atoms with Crippen molar-refractivity contribution in [2.75, 3.05) is 32.9 Å². The summed E-state index contributed by atoms with van der Waals surface area (Å²) in [4.78, 5) is 3.73. The van der Waals surface area contributed by atoms with Crippen LogP contribution in [0.4, 0.5) is 0 Å². The molecule has 0 bridgehead atoms. The van der Waals surface area contributed by atoms with Crippen molar-refractivity contribution in [3.63, 3.8) is 0 Å². The van der Waals surface area contributed by atoms with Crippen molar-refractivity contribution in [2.45, 2.75) is 13.3 Å². The number of nitrogens with zero attached hydrogens (tertiary/aromatic N) is 2. The van der Waals surface area contributed by atoms with Crippen LogP contribution in [0, 0.1) is 0 Å². The second-order valence-corrected chi connectivity index (χ2v) is 5.13. The van der Waals surface area contributed by atoms with Crippen molar-refractivity contribution in [1.82, 2.24) is 9.62 Å². The molecule has 0 fully saturated rings. The molecule has 0 aliphatic rings. The van der Waals surface area contributed by atoms with E-state index in [-0.39, 0.29) is 24.0 Å². The second-order valence-electron chi connectivity index (χ2n) is 3.14. The van der Waals surface area contributed by atoms with Gasteiger partial charge in [-0.3, -0.25) is 4.99 Å². The topological polar surface area (TPSA) is 87.8 Å². The fraction of sp³-hybridized carbons (Fsp3) is 0.875. The summed E-state index contributed by atoms with van der Waals surface area (Å²) in [6.45, 7) is 3.43. The number of hydrogen-bond donors (Lipinski definition) is 2. The molecule has 0 spiro atoms. The van der Waals surface area contributed by atoms with Crippen molar-refractivity contribution in [2.24, 2.45) is 10.7 Å². The summed E-state index contributed by atoms with van der Waals surface area (Å²) in [5.41, 5.74) is 5.42. The van der Waals surface area contributed by atoms with Crippen LogP contribution in [-0.4, -0.2) is 51.6 Å². The Morgan fingerprint density at radius 1 is 1.50 bits per heavy atom. The normalized spacial score (nSPS) is 12.4. The molecule has 0 unspecified atom stereocenters. The highest BCUT2D eigenvalue weighted by Gasteiger charge is 2.12. The third-order valence-electron chi connectivity index (χ3n) is 1.95. The Morgan fingerprint density at radius 2 is 2.06 bits per heavy atom. The first kappa shape index (κ1) is 18.3. The molecule has 0 atom stereocenters. The van der Waals surface area contributed by atoms with E-state index in [9.17, 15) is 8.42 Å². The smallest absolute Gasteiger partial charge is 0.211 e. The van der Waals surface area contributed by atoms with Gasteiger partial charge in [0.25, 0.3) is 0 Å². The van der Waals surface area contributed by atoms with Gasteiger partial charge in [0.05, 0.1) is 6.26 Å². The first-order valence-corrected chi connectivity index (χ1v) is 6.68. The number of nitrogens with two attached hydrogens (primary N) is 1. The summed E-state index contributed by atoms with van der Waals surface area (Å²) in [7, 11) is -1.48. The molecule has 0 amide bonds. The highest BCUT2D eigenvalue weighted by atomic mass is 127. The standard InChI is InChI=1S/C8H20N4O2S.HI/c1-4-12(15(3,13)14)7-5-6-11-8(9)10-2;/h4-7H2,1-3H3,(H3,9,10,11);1H. The monoisotopic (exact) mass is 364 g/mol. The molecule has 3 N–H and O–H groups in total. The number of rotatable bonds is 6. The van der Waals surface area contributed by atoms with Gasteiger partial charge in [-0.1, -0.05) is 6.92 Å². The van der Waals surface area contributed by atoms with Gasteiger partial charge in [-0.05, 0) is 6.42 Å². The van der Waals surface area contributed by atoms with Gasteiger partial charge in [-0.2, -0.15) is 0 Å². The molecule has 0 aliphatic carbocycles. The Morgan fingerprint density at radius 3 is 2.44 bits per heavy atom. The summed E-state index contributed by atoms with van der Waals surface area (Å²) in [5, 5.41) is 2.87. The highest BCUT2D eigenvalue weighted by Crippen LogP contribution is 1.97. The Labute approximate surface area is 115 Å². The zero-order valence-electron chi connectivity index (χ0n) is 9.93. The Balaban J connectivity index is 0. The van der Waals surface area contributed by atoms with Crippen molar-refractivity contribution < 1.29 is 8.42 Å². The minimum absolute atomic E-state index is 0. The van der Waals surface area contributed by atoms with E-state index in [4.69, 9.17) is 5.73 Å². The first-order valence-electron chi connectivity index (χ1n) is 4.83. The van der Waals surface area contributed by atoms with Crippen LogP contribution < -0.4 is 11.1 Å². The van der Waals surface area contributed by atoms with Crippen LogP contribution in [0.25, 0.3) is 0 Å². The molecule has 0 aromatic rings. The van der Waals surface area contributed by atoms with Crippen LogP contribution >= 0.6 is 24.0 Å². The predicted octanol–water partition coefficient (Wildman–Crippen LogP) is -0.190. The number of guanidine groups is 1. The van der Waals surface area contributed by atoms with Gasteiger partial charge in [0, 0.05) is 26.7 Å². The van der Waals surface area contributed by atoms with E-state index in [2.05, 4.69) is 10.3 Å². The number of aliphatic imine (C=N–C) groups is 1. The van der Waals surface area contributed by atoms with Crippen LogP contribution in [0.15, 0.2) is 4.99 Å². The molecule has 0 aliphatic heterocycles. The van der Waals surface area contributed by atoms with Gasteiger partial charge < -0.3 is 11.1 Å². The van der Waals surface area contributed by atoms with E-state index < -0.39 is 10.0 Å². The molecule has 6 nitrogen and oxygen atoms in total. The quantitative estimate of drug-likeness (QED) is 0.296. The zero-order chi connectivity index (χ0) is 11.9. The number of halogens is 1. The SMILES string of the molecule is CCN(CCCNC(N)=NC)S(C)(=O)=O.I. The average Bonchev–Trinajstić information content (AvgIpc) is 2.15. The summed E-state index contributed by atoms with van der Waals surface area (Å²) >= 11 is 0. The lowest BCUT2D eigenvalue weighted by molar-refractivity contribution is 0.424. The Kier molecular flexibility index (Phi) is 10.3. The Bertz CT molecular complexity index is 305. The maximum atomic E-state index is 11.2. The van der Waals surface area contributed by atoms with Gasteiger partial charge >= 0.3 is 0 Å². The molecule has 0 saturated carbocycles. The highest BCUT2D eigenvalue weighted by molar-refractivity contribution is 14.0. The van der Waals surface area contributed by atoms with Crippen LogP contribution in [0.2, 0.25) is 0 Å². The number of sulfonamides is 1. The van der Waals surface area contributed by atoms with Crippen molar-refractivity contribution >= 4 is 40.0 Å². The van der Waals surface area contributed by atoms with Gasteiger partial charge in [0.2, 0.25) is 10.0 Å². The third-order valence-corrected chi connectivity index (χ3v) is 3.33. The molecule has 0 rings (SSSR count). The molecule has 0 radical (unpaired) electrons. The maximum absolute atomic E-state index is 11.2. The molecule has 98 valence electrons. The minimum Gasteiger partial charge on any atom is -0.370 e. The molecular weight excluding hydrogens is 343 g/mol. The average molecular weight is 364 g/mol. The molecule has 16 heavy (non-hydrogen) atoms. The fourth-order valence-corrected chi connectivity index (χ4v) is 2.04. The van der Waals surface area contributed by atoms with Crippen LogP contribution in [0.5, 0.6) is 0 Å². The van der Waals surface area contributed by atoms with E-state index >= 15 is 0 Å². The van der Waals surface area contributed by atoms with E-state index in [1.807, 2.05) is 6.92 Å². The molecule has 8 heteroatoms. The molecule has 0 aromatic heterocycles. The Hall–Kier alpha value is -0.0900. The lowest BCUT2D eigenvalue weighted by atomic mass is 10.4. The lowest BCUT2D eigenvalue weighted by Gasteiger charge is -2.17. The van der Waals surface area contributed by atoms with Crippen molar-refractivity contribution in [3.8, 4) is 0 Å².